The van der Waals surface area contributed by atoms with Gasteiger partial charge in [-0.25, -0.2) is 4.39 Å². The van der Waals surface area contributed by atoms with Gasteiger partial charge in [-0.05, 0) is 11.6 Å². The van der Waals surface area contributed by atoms with Gasteiger partial charge in [-0.15, -0.1) is 0 Å². The third kappa shape index (κ3) is 1.90. The van der Waals surface area contributed by atoms with Gasteiger partial charge in [-0.1, -0.05) is 40.7 Å². The molecule has 0 fully saturated rings. The van der Waals surface area contributed by atoms with Crippen molar-refractivity contribution in [2.75, 3.05) is 5.33 Å². The summed E-state index contributed by atoms with van der Waals surface area (Å²) in [6.45, 7) is 3.72. The molecular formula is C9H8BrF. The smallest absolute Gasteiger partial charge is 0.130 e. The summed E-state index contributed by atoms with van der Waals surface area (Å²) in [7, 11) is 0. The van der Waals surface area contributed by atoms with Gasteiger partial charge >= 0.3 is 0 Å². The van der Waals surface area contributed by atoms with Crippen LogP contribution in [0.4, 0.5) is 4.39 Å². The van der Waals surface area contributed by atoms with Crippen LogP contribution in [0.2, 0.25) is 0 Å². The van der Waals surface area contributed by atoms with E-state index in [-0.39, 0.29) is 5.82 Å². The van der Waals surface area contributed by atoms with Crippen LogP contribution in [0.3, 0.4) is 0 Å². The van der Waals surface area contributed by atoms with Gasteiger partial charge in [0, 0.05) is 10.9 Å². The third-order valence-electron chi connectivity index (χ3n) is 1.42. The van der Waals surface area contributed by atoms with Gasteiger partial charge in [0.1, 0.15) is 5.82 Å². The molecule has 0 saturated heterocycles. The molecule has 11 heavy (non-hydrogen) atoms. The van der Waals surface area contributed by atoms with E-state index >= 15 is 0 Å². The monoisotopic (exact) mass is 214 g/mol. The Labute approximate surface area is 73.9 Å². The van der Waals surface area contributed by atoms with E-state index in [4.69, 9.17) is 0 Å². The highest BCUT2D eigenvalue weighted by atomic mass is 79.9. The van der Waals surface area contributed by atoms with Crippen molar-refractivity contribution in [2.45, 2.75) is 0 Å². The SMILES string of the molecule is C=C(CBr)c1ccccc1F. The molecule has 0 radical (unpaired) electrons. The molecule has 0 aliphatic carbocycles. The number of benzene rings is 1. The Morgan fingerprint density at radius 1 is 1.45 bits per heavy atom. The maximum atomic E-state index is 12.9. The van der Waals surface area contributed by atoms with E-state index in [1.54, 1.807) is 18.2 Å². The lowest BCUT2D eigenvalue weighted by atomic mass is 10.1. The van der Waals surface area contributed by atoms with Crippen LogP contribution in [0.15, 0.2) is 30.8 Å². The van der Waals surface area contributed by atoms with E-state index in [9.17, 15) is 4.39 Å². The lowest BCUT2D eigenvalue weighted by molar-refractivity contribution is 0.624. The molecule has 0 aliphatic rings. The third-order valence-corrected chi connectivity index (χ3v) is 2.09. The quantitative estimate of drug-likeness (QED) is 0.664. The molecule has 0 amide bonds. The molecule has 0 spiro atoms. The van der Waals surface area contributed by atoms with Crippen molar-refractivity contribution in [2.24, 2.45) is 0 Å². The molecule has 2 heteroatoms. The Kier molecular flexibility index (Phi) is 2.83. The molecule has 0 aliphatic heterocycles. The number of hydrogen-bond donors (Lipinski definition) is 0. The van der Waals surface area contributed by atoms with Gasteiger partial charge in [-0.2, -0.15) is 0 Å². The fourth-order valence-electron chi connectivity index (χ4n) is 0.820. The average Bonchev–Trinajstić information content (AvgIpc) is 2.04. The van der Waals surface area contributed by atoms with Crippen molar-refractivity contribution in [3.8, 4) is 0 Å². The van der Waals surface area contributed by atoms with Crippen molar-refractivity contribution >= 4 is 21.5 Å². The van der Waals surface area contributed by atoms with Crippen LogP contribution in [-0.4, -0.2) is 5.33 Å². The zero-order chi connectivity index (χ0) is 8.27. The molecule has 1 aromatic rings. The Bertz CT molecular complexity index is 268. The topological polar surface area (TPSA) is 0 Å². The zero-order valence-electron chi connectivity index (χ0n) is 5.98. The second-order valence-electron chi connectivity index (χ2n) is 2.22. The number of allylic oxidation sites excluding steroid dienone is 1. The summed E-state index contributed by atoms with van der Waals surface area (Å²) < 4.78 is 12.9. The van der Waals surface area contributed by atoms with Gasteiger partial charge in [0.05, 0.1) is 0 Å². The molecule has 1 rings (SSSR count). The van der Waals surface area contributed by atoms with Crippen LogP contribution in [0.5, 0.6) is 0 Å². The van der Waals surface area contributed by atoms with Gasteiger partial charge < -0.3 is 0 Å². The van der Waals surface area contributed by atoms with Crippen molar-refractivity contribution < 1.29 is 4.39 Å². The van der Waals surface area contributed by atoms with E-state index in [0.717, 1.165) is 5.57 Å². The van der Waals surface area contributed by atoms with Gasteiger partial charge in [-0.3, -0.25) is 0 Å². The second kappa shape index (κ2) is 3.67. The highest BCUT2D eigenvalue weighted by Crippen LogP contribution is 2.17. The maximum Gasteiger partial charge on any atom is 0.130 e. The molecule has 0 heterocycles. The van der Waals surface area contributed by atoms with Gasteiger partial charge in [0.15, 0.2) is 0 Å². The highest BCUT2D eigenvalue weighted by Gasteiger charge is 2.01. The van der Waals surface area contributed by atoms with Crippen LogP contribution < -0.4 is 0 Å². The van der Waals surface area contributed by atoms with Crippen LogP contribution in [0.25, 0.3) is 5.57 Å². The summed E-state index contributed by atoms with van der Waals surface area (Å²) in [4.78, 5) is 0. The number of rotatable bonds is 2. The lowest BCUT2D eigenvalue weighted by Gasteiger charge is -2.01. The molecule has 0 atom stereocenters. The van der Waals surface area contributed by atoms with E-state index < -0.39 is 0 Å². The minimum atomic E-state index is -0.211. The van der Waals surface area contributed by atoms with Crippen LogP contribution in [0, 0.1) is 5.82 Å². The van der Waals surface area contributed by atoms with E-state index in [1.165, 1.54) is 6.07 Å². The fourth-order valence-corrected chi connectivity index (χ4v) is 1.12. The molecule has 58 valence electrons. The summed E-state index contributed by atoms with van der Waals surface area (Å²) in [6.07, 6.45) is 0. The first-order chi connectivity index (χ1) is 5.25. The maximum absolute atomic E-state index is 12.9. The second-order valence-corrected chi connectivity index (χ2v) is 2.78. The first-order valence-corrected chi connectivity index (χ1v) is 4.36. The van der Waals surface area contributed by atoms with Crippen molar-refractivity contribution in [1.29, 1.82) is 0 Å². The van der Waals surface area contributed by atoms with Crippen molar-refractivity contribution in [1.82, 2.24) is 0 Å². The lowest BCUT2D eigenvalue weighted by Crippen LogP contribution is -1.87. The summed E-state index contributed by atoms with van der Waals surface area (Å²) in [6, 6.07) is 6.62. The van der Waals surface area contributed by atoms with Crippen LogP contribution in [0.1, 0.15) is 5.56 Å². The largest absolute Gasteiger partial charge is 0.206 e. The van der Waals surface area contributed by atoms with E-state index in [1.807, 2.05) is 0 Å². The molecule has 0 aromatic heterocycles. The standard InChI is InChI=1S/C9H8BrF/c1-7(6-10)8-4-2-3-5-9(8)11/h2-5H,1,6H2. The Morgan fingerprint density at radius 3 is 2.64 bits per heavy atom. The Hall–Kier alpha value is -0.630. The van der Waals surface area contributed by atoms with Gasteiger partial charge in [0.2, 0.25) is 0 Å². The average molecular weight is 215 g/mol. The Morgan fingerprint density at radius 2 is 2.09 bits per heavy atom. The fraction of sp³-hybridized carbons (Fsp3) is 0.111. The number of hydrogen-bond acceptors (Lipinski definition) is 0. The minimum Gasteiger partial charge on any atom is -0.206 e. The molecule has 1 aromatic carbocycles. The molecule has 0 saturated carbocycles. The predicted molar refractivity (Wildman–Crippen MR) is 49.2 cm³/mol. The molecule has 0 unspecified atom stereocenters. The molecular weight excluding hydrogens is 207 g/mol. The van der Waals surface area contributed by atoms with Gasteiger partial charge in [0.25, 0.3) is 0 Å². The predicted octanol–water partition coefficient (Wildman–Crippen LogP) is 3.23. The first kappa shape index (κ1) is 8.47. The normalized spacial score (nSPS) is 9.64. The molecule has 0 N–H and O–H groups in total. The van der Waals surface area contributed by atoms with Crippen molar-refractivity contribution in [3.05, 3.63) is 42.2 Å². The van der Waals surface area contributed by atoms with Crippen molar-refractivity contribution in [3.63, 3.8) is 0 Å². The van der Waals surface area contributed by atoms with Crippen LogP contribution >= 0.6 is 15.9 Å². The number of alkyl halides is 1. The Balaban J connectivity index is 3.03. The summed E-state index contributed by atoms with van der Waals surface area (Å²) >= 11 is 3.22. The summed E-state index contributed by atoms with van der Waals surface area (Å²) in [5.41, 5.74) is 1.35. The minimum absolute atomic E-state index is 0.211. The molecule has 0 bridgehead atoms. The zero-order valence-corrected chi connectivity index (χ0v) is 7.57. The van der Waals surface area contributed by atoms with E-state index in [0.29, 0.717) is 10.9 Å². The number of halogens is 2. The van der Waals surface area contributed by atoms with Crippen LogP contribution in [-0.2, 0) is 0 Å². The summed E-state index contributed by atoms with van der Waals surface area (Å²) in [5.74, 6) is -0.211. The first-order valence-electron chi connectivity index (χ1n) is 3.24. The van der Waals surface area contributed by atoms with E-state index in [2.05, 4.69) is 22.5 Å². The summed E-state index contributed by atoms with van der Waals surface area (Å²) in [5, 5.41) is 0.605. The molecule has 0 nitrogen and oxygen atoms in total. The highest BCUT2D eigenvalue weighted by molar-refractivity contribution is 9.09.